The number of carbonyl (C=O) groups excluding carboxylic acids is 1. The molecule has 7 heteroatoms. The average molecular weight is 487 g/mol. The van der Waals surface area contributed by atoms with E-state index in [2.05, 4.69) is 63.1 Å². The SMILES string of the molecule is N#CCCCN1CCN(C(=O)c2ccc(C3CC(c4ccc(N5CCCCC5)cc4)NN3)cc2)CC1. The van der Waals surface area contributed by atoms with Crippen LogP contribution in [0, 0.1) is 11.3 Å². The number of nitrogens with zero attached hydrogens (tertiary/aromatic N) is 4. The Balaban J connectivity index is 1.12. The number of anilines is 1. The Hall–Kier alpha value is -2.92. The third kappa shape index (κ3) is 5.89. The summed E-state index contributed by atoms with van der Waals surface area (Å²) in [5.74, 6) is 0.113. The van der Waals surface area contributed by atoms with E-state index in [0.717, 1.165) is 51.1 Å². The monoisotopic (exact) mass is 486 g/mol. The molecule has 0 radical (unpaired) electrons. The van der Waals surface area contributed by atoms with Crippen molar-refractivity contribution in [2.75, 3.05) is 50.7 Å². The van der Waals surface area contributed by atoms with Crippen LogP contribution >= 0.6 is 0 Å². The first-order valence-electron chi connectivity index (χ1n) is 13.6. The van der Waals surface area contributed by atoms with Crippen molar-refractivity contribution in [1.82, 2.24) is 20.7 Å². The highest BCUT2D eigenvalue weighted by atomic mass is 16.2. The fraction of sp³-hybridized carbons (Fsp3) is 0.517. The van der Waals surface area contributed by atoms with Gasteiger partial charge in [0, 0.05) is 69.0 Å². The van der Waals surface area contributed by atoms with E-state index in [4.69, 9.17) is 5.26 Å². The molecule has 1 amide bonds. The van der Waals surface area contributed by atoms with Gasteiger partial charge in [-0.25, -0.2) is 10.9 Å². The van der Waals surface area contributed by atoms with E-state index in [1.165, 1.54) is 49.2 Å². The molecule has 0 bridgehead atoms. The fourth-order valence-corrected chi connectivity index (χ4v) is 5.66. The van der Waals surface area contributed by atoms with Crippen molar-refractivity contribution in [1.29, 1.82) is 5.26 Å². The fourth-order valence-electron chi connectivity index (χ4n) is 5.66. The predicted molar refractivity (Wildman–Crippen MR) is 143 cm³/mol. The second kappa shape index (κ2) is 11.9. The molecule has 0 aromatic heterocycles. The summed E-state index contributed by atoms with van der Waals surface area (Å²) in [5.41, 5.74) is 11.5. The van der Waals surface area contributed by atoms with Crippen LogP contribution in [0.2, 0.25) is 0 Å². The molecule has 3 fully saturated rings. The average Bonchev–Trinajstić information content (AvgIpc) is 3.44. The largest absolute Gasteiger partial charge is 0.372 e. The molecule has 0 saturated carbocycles. The van der Waals surface area contributed by atoms with Crippen molar-refractivity contribution >= 4 is 11.6 Å². The predicted octanol–water partition coefficient (Wildman–Crippen LogP) is 4.02. The van der Waals surface area contributed by atoms with Gasteiger partial charge in [-0.05, 0) is 74.0 Å². The van der Waals surface area contributed by atoms with E-state index in [0.29, 0.717) is 6.42 Å². The van der Waals surface area contributed by atoms with Gasteiger partial charge in [0.15, 0.2) is 0 Å². The number of hydrogen-bond acceptors (Lipinski definition) is 6. The van der Waals surface area contributed by atoms with Crippen LogP contribution in [0.1, 0.15) is 72.1 Å². The molecule has 190 valence electrons. The quantitative estimate of drug-likeness (QED) is 0.576. The molecule has 2 aromatic carbocycles. The van der Waals surface area contributed by atoms with Crippen LogP contribution in [0.15, 0.2) is 48.5 Å². The molecule has 2 atom stereocenters. The smallest absolute Gasteiger partial charge is 0.253 e. The first kappa shape index (κ1) is 24.8. The van der Waals surface area contributed by atoms with Gasteiger partial charge in [0.25, 0.3) is 5.91 Å². The lowest BCUT2D eigenvalue weighted by Gasteiger charge is -2.34. The number of carbonyl (C=O) groups is 1. The summed E-state index contributed by atoms with van der Waals surface area (Å²) in [6, 6.07) is 19.9. The number of rotatable bonds is 7. The number of benzene rings is 2. The standard InChI is InChI=1S/C29H38N6O/c30-14-2-5-15-33-18-20-35(21-19-33)29(36)25-8-6-23(7-9-25)27-22-28(32-31-27)24-10-12-26(13-11-24)34-16-3-1-4-17-34/h6-13,27-28,31-32H,1-5,15-22H2. The van der Waals surface area contributed by atoms with Crippen LogP contribution < -0.4 is 15.8 Å². The molecule has 2 unspecified atom stereocenters. The van der Waals surface area contributed by atoms with E-state index >= 15 is 0 Å². The number of nitriles is 1. The van der Waals surface area contributed by atoms with Crippen molar-refractivity contribution in [3.8, 4) is 6.07 Å². The summed E-state index contributed by atoms with van der Waals surface area (Å²) in [7, 11) is 0. The van der Waals surface area contributed by atoms with Crippen molar-refractivity contribution in [3.05, 3.63) is 65.2 Å². The summed E-state index contributed by atoms with van der Waals surface area (Å²) in [6.07, 6.45) is 6.42. The summed E-state index contributed by atoms with van der Waals surface area (Å²) in [4.78, 5) is 19.8. The Morgan fingerprint density at radius 2 is 1.44 bits per heavy atom. The number of hydrogen-bond donors (Lipinski definition) is 2. The van der Waals surface area contributed by atoms with Crippen LogP contribution in [-0.4, -0.2) is 61.5 Å². The van der Waals surface area contributed by atoms with E-state index in [9.17, 15) is 4.79 Å². The molecule has 3 saturated heterocycles. The second-order valence-electron chi connectivity index (χ2n) is 10.3. The molecule has 2 aromatic rings. The summed E-state index contributed by atoms with van der Waals surface area (Å²) in [5, 5.41) is 8.71. The highest BCUT2D eigenvalue weighted by Gasteiger charge is 2.27. The number of unbranched alkanes of at least 4 members (excludes halogenated alkanes) is 1. The Labute approximate surface area is 215 Å². The molecule has 3 aliphatic heterocycles. The van der Waals surface area contributed by atoms with Crippen LogP contribution in [0.4, 0.5) is 5.69 Å². The Kier molecular flexibility index (Phi) is 8.17. The molecule has 5 rings (SSSR count). The van der Waals surface area contributed by atoms with E-state index < -0.39 is 0 Å². The number of piperidine rings is 1. The molecule has 0 spiro atoms. The van der Waals surface area contributed by atoms with Crippen LogP contribution in [0.3, 0.4) is 0 Å². The molecule has 3 aliphatic rings. The molecule has 7 nitrogen and oxygen atoms in total. The van der Waals surface area contributed by atoms with Crippen molar-refractivity contribution < 1.29 is 4.79 Å². The normalized spacial score (nSPS) is 23.0. The number of piperazine rings is 1. The lowest BCUT2D eigenvalue weighted by molar-refractivity contribution is 0.0636. The summed E-state index contributed by atoms with van der Waals surface area (Å²) in [6.45, 7) is 6.54. The molecular weight excluding hydrogens is 448 g/mol. The van der Waals surface area contributed by atoms with Gasteiger partial charge in [-0.1, -0.05) is 24.3 Å². The summed E-state index contributed by atoms with van der Waals surface area (Å²) < 4.78 is 0. The van der Waals surface area contributed by atoms with Gasteiger partial charge in [0.05, 0.1) is 6.07 Å². The van der Waals surface area contributed by atoms with E-state index in [1.54, 1.807) is 0 Å². The Morgan fingerprint density at radius 3 is 2.06 bits per heavy atom. The zero-order valence-corrected chi connectivity index (χ0v) is 21.2. The number of nitrogens with one attached hydrogen (secondary N) is 2. The molecule has 3 heterocycles. The third-order valence-electron chi connectivity index (χ3n) is 7.90. The molecule has 36 heavy (non-hydrogen) atoms. The maximum atomic E-state index is 13.0. The first-order valence-corrected chi connectivity index (χ1v) is 13.6. The number of amides is 1. The van der Waals surface area contributed by atoms with Crippen molar-refractivity contribution in [2.24, 2.45) is 0 Å². The Morgan fingerprint density at radius 1 is 0.833 bits per heavy atom. The lowest BCUT2D eigenvalue weighted by atomic mass is 9.96. The van der Waals surface area contributed by atoms with Crippen LogP contribution in [-0.2, 0) is 0 Å². The molecule has 0 aliphatic carbocycles. The van der Waals surface area contributed by atoms with Gasteiger partial charge in [-0.15, -0.1) is 0 Å². The van der Waals surface area contributed by atoms with Gasteiger partial charge in [0.1, 0.15) is 0 Å². The highest BCUT2D eigenvalue weighted by molar-refractivity contribution is 5.94. The van der Waals surface area contributed by atoms with Crippen molar-refractivity contribution in [3.63, 3.8) is 0 Å². The van der Waals surface area contributed by atoms with Gasteiger partial charge in [-0.3, -0.25) is 9.69 Å². The Bertz CT molecular complexity index is 1030. The van der Waals surface area contributed by atoms with Crippen molar-refractivity contribution in [2.45, 2.75) is 50.6 Å². The third-order valence-corrected chi connectivity index (χ3v) is 7.90. The zero-order valence-electron chi connectivity index (χ0n) is 21.2. The maximum Gasteiger partial charge on any atom is 0.253 e. The van der Waals surface area contributed by atoms with Gasteiger partial charge < -0.3 is 9.80 Å². The highest BCUT2D eigenvalue weighted by Crippen LogP contribution is 2.32. The maximum absolute atomic E-state index is 13.0. The summed E-state index contributed by atoms with van der Waals surface area (Å²) >= 11 is 0. The minimum atomic E-state index is 0.113. The second-order valence-corrected chi connectivity index (χ2v) is 10.3. The number of hydrazine groups is 1. The first-order chi connectivity index (χ1) is 17.7. The van der Waals surface area contributed by atoms with Gasteiger partial charge >= 0.3 is 0 Å². The van der Waals surface area contributed by atoms with E-state index in [-0.39, 0.29) is 18.0 Å². The van der Waals surface area contributed by atoms with Gasteiger partial charge in [-0.2, -0.15) is 5.26 Å². The molecule has 2 N–H and O–H groups in total. The zero-order chi connectivity index (χ0) is 24.7. The minimum absolute atomic E-state index is 0.113. The topological polar surface area (TPSA) is 74.6 Å². The lowest BCUT2D eigenvalue weighted by Crippen LogP contribution is -2.48. The van der Waals surface area contributed by atoms with Crippen LogP contribution in [0.25, 0.3) is 0 Å². The molecular formula is C29H38N6O. The minimum Gasteiger partial charge on any atom is -0.372 e. The van der Waals surface area contributed by atoms with Gasteiger partial charge in [0.2, 0.25) is 0 Å². The van der Waals surface area contributed by atoms with Crippen LogP contribution in [0.5, 0.6) is 0 Å². The van der Waals surface area contributed by atoms with E-state index in [1.807, 2.05) is 17.0 Å².